The standard InChI is InChI=1S/C13H15F2NO7S2/c14-13(15,25(20,21)22)9-23-12(17)10-1-3-11(4-2-10)16-5-7-24(18,19)8-6-16/h1-4H,5-9H2,(H,20,21,22). The van der Waals surface area contributed by atoms with E-state index in [1.54, 1.807) is 4.90 Å². The molecule has 0 saturated carbocycles. The number of alkyl halides is 2. The Kier molecular flexibility index (Phi) is 5.35. The molecule has 0 atom stereocenters. The molecule has 1 aliphatic heterocycles. The fourth-order valence-electron chi connectivity index (χ4n) is 2.09. The first-order valence-corrected chi connectivity index (χ1v) is 10.2. The Morgan fingerprint density at radius 2 is 1.72 bits per heavy atom. The smallest absolute Gasteiger partial charge is 0.402 e. The van der Waals surface area contributed by atoms with E-state index in [-0.39, 0.29) is 17.1 Å². The van der Waals surface area contributed by atoms with E-state index in [2.05, 4.69) is 4.74 Å². The summed E-state index contributed by atoms with van der Waals surface area (Å²) in [5.74, 6) is -1.15. The first-order valence-electron chi connectivity index (χ1n) is 6.99. The van der Waals surface area contributed by atoms with Crippen LogP contribution in [0.4, 0.5) is 14.5 Å². The average molecular weight is 399 g/mol. The maximum Gasteiger partial charge on any atom is 0.402 e. The van der Waals surface area contributed by atoms with Crippen molar-refractivity contribution >= 4 is 31.6 Å². The van der Waals surface area contributed by atoms with Crippen molar-refractivity contribution in [2.45, 2.75) is 5.25 Å². The lowest BCUT2D eigenvalue weighted by Crippen LogP contribution is -2.40. The molecule has 1 N–H and O–H groups in total. The van der Waals surface area contributed by atoms with E-state index in [4.69, 9.17) is 4.55 Å². The maximum absolute atomic E-state index is 13.0. The third-order valence-corrected chi connectivity index (χ3v) is 6.04. The SMILES string of the molecule is O=C(OCC(F)(F)S(=O)(=O)O)c1ccc(N2CCS(=O)(=O)CC2)cc1. The van der Waals surface area contributed by atoms with Crippen LogP contribution >= 0.6 is 0 Å². The largest absolute Gasteiger partial charge is 0.454 e. The van der Waals surface area contributed by atoms with Gasteiger partial charge in [0.25, 0.3) is 0 Å². The zero-order valence-corrected chi connectivity index (χ0v) is 14.4. The van der Waals surface area contributed by atoms with Crippen LogP contribution in [-0.4, -0.2) is 63.8 Å². The van der Waals surface area contributed by atoms with Gasteiger partial charge in [0.05, 0.1) is 17.1 Å². The lowest BCUT2D eigenvalue weighted by Gasteiger charge is -2.28. The van der Waals surface area contributed by atoms with Crippen LogP contribution in [0.2, 0.25) is 0 Å². The van der Waals surface area contributed by atoms with E-state index >= 15 is 0 Å². The van der Waals surface area contributed by atoms with E-state index in [1.165, 1.54) is 24.3 Å². The van der Waals surface area contributed by atoms with E-state index in [1.807, 2.05) is 0 Å². The molecule has 1 aromatic rings. The van der Waals surface area contributed by atoms with Gasteiger partial charge < -0.3 is 9.64 Å². The van der Waals surface area contributed by atoms with Crippen molar-refractivity contribution in [3.8, 4) is 0 Å². The number of esters is 1. The topological polar surface area (TPSA) is 118 Å². The zero-order chi connectivity index (χ0) is 18.9. The number of ether oxygens (including phenoxy) is 1. The summed E-state index contributed by atoms with van der Waals surface area (Å²) in [5, 5.41) is -4.60. The average Bonchev–Trinajstić information content (AvgIpc) is 2.52. The number of sulfone groups is 1. The minimum atomic E-state index is -5.68. The predicted molar refractivity (Wildman–Crippen MR) is 84.1 cm³/mol. The Morgan fingerprint density at radius 3 is 2.20 bits per heavy atom. The summed E-state index contributed by atoms with van der Waals surface area (Å²) in [7, 11) is -8.71. The molecule has 0 radical (unpaired) electrons. The van der Waals surface area contributed by atoms with Crippen molar-refractivity contribution < 1.29 is 39.7 Å². The molecular formula is C13H15F2NO7S2. The third kappa shape index (κ3) is 4.86. The summed E-state index contributed by atoms with van der Waals surface area (Å²) in [5.41, 5.74) is 0.550. The van der Waals surface area contributed by atoms with Gasteiger partial charge in [-0.05, 0) is 24.3 Å². The Labute approximate surface area is 143 Å². The van der Waals surface area contributed by atoms with Crippen molar-refractivity contribution in [1.82, 2.24) is 0 Å². The summed E-state index contributed by atoms with van der Waals surface area (Å²) >= 11 is 0. The molecule has 0 amide bonds. The van der Waals surface area contributed by atoms with Gasteiger partial charge in [-0.15, -0.1) is 0 Å². The highest BCUT2D eigenvalue weighted by molar-refractivity contribution is 7.91. The van der Waals surface area contributed by atoms with Crippen molar-refractivity contribution in [3.05, 3.63) is 29.8 Å². The highest BCUT2D eigenvalue weighted by atomic mass is 32.2. The van der Waals surface area contributed by atoms with Crippen molar-refractivity contribution in [2.24, 2.45) is 0 Å². The van der Waals surface area contributed by atoms with Gasteiger partial charge in [0.15, 0.2) is 16.4 Å². The second-order valence-corrected chi connectivity index (χ2v) is 9.23. The molecule has 1 aliphatic rings. The van der Waals surface area contributed by atoms with Crippen LogP contribution < -0.4 is 4.90 Å². The highest BCUT2D eigenvalue weighted by Crippen LogP contribution is 2.22. The van der Waals surface area contributed by atoms with Crippen LogP contribution in [0.3, 0.4) is 0 Å². The van der Waals surface area contributed by atoms with Gasteiger partial charge >= 0.3 is 21.3 Å². The fourth-order valence-corrected chi connectivity index (χ4v) is 3.50. The molecule has 0 aliphatic carbocycles. The van der Waals surface area contributed by atoms with E-state index < -0.39 is 37.8 Å². The van der Waals surface area contributed by atoms with Crippen LogP contribution in [0.15, 0.2) is 24.3 Å². The van der Waals surface area contributed by atoms with Crippen LogP contribution in [0, 0.1) is 0 Å². The Morgan fingerprint density at radius 1 is 1.20 bits per heavy atom. The quantitative estimate of drug-likeness (QED) is 0.564. The van der Waals surface area contributed by atoms with Gasteiger partial charge in [0, 0.05) is 18.8 Å². The lowest BCUT2D eigenvalue weighted by molar-refractivity contribution is -0.00950. The van der Waals surface area contributed by atoms with E-state index in [9.17, 15) is 30.4 Å². The highest BCUT2D eigenvalue weighted by Gasteiger charge is 2.45. The number of carbonyl (C=O) groups excluding carboxylic acids is 1. The summed E-state index contributed by atoms with van der Waals surface area (Å²) in [4.78, 5) is 13.5. The molecule has 1 aromatic carbocycles. The minimum absolute atomic E-state index is 0.0154. The molecule has 1 fully saturated rings. The third-order valence-electron chi connectivity index (χ3n) is 3.56. The number of anilines is 1. The van der Waals surface area contributed by atoms with Crippen molar-refractivity contribution in [2.75, 3.05) is 36.1 Å². The number of benzene rings is 1. The number of nitrogens with zero attached hydrogens (tertiary/aromatic N) is 1. The monoisotopic (exact) mass is 399 g/mol. The summed E-state index contributed by atoms with van der Waals surface area (Å²) in [6.07, 6.45) is 0. The number of hydrogen-bond acceptors (Lipinski definition) is 7. The molecule has 12 heteroatoms. The molecule has 0 spiro atoms. The number of halogens is 2. The Hall–Kier alpha value is -1.79. The normalized spacial score (nSPS) is 18.0. The van der Waals surface area contributed by atoms with Gasteiger partial charge in [-0.1, -0.05) is 0 Å². The first kappa shape index (κ1) is 19.5. The van der Waals surface area contributed by atoms with E-state index in [0.29, 0.717) is 18.8 Å². The Bertz CT molecular complexity index is 837. The molecule has 1 saturated heterocycles. The van der Waals surface area contributed by atoms with Gasteiger partial charge in [-0.3, -0.25) is 4.55 Å². The molecule has 0 aromatic heterocycles. The summed E-state index contributed by atoms with van der Waals surface area (Å²) < 4.78 is 82.2. The molecule has 25 heavy (non-hydrogen) atoms. The fraction of sp³-hybridized carbons (Fsp3) is 0.462. The lowest BCUT2D eigenvalue weighted by atomic mass is 10.2. The number of carbonyl (C=O) groups is 1. The van der Waals surface area contributed by atoms with Crippen LogP contribution in [-0.2, 0) is 24.7 Å². The van der Waals surface area contributed by atoms with Crippen LogP contribution in [0.25, 0.3) is 0 Å². The van der Waals surface area contributed by atoms with Crippen LogP contribution in [0.5, 0.6) is 0 Å². The molecule has 140 valence electrons. The zero-order valence-electron chi connectivity index (χ0n) is 12.8. The molecule has 1 heterocycles. The van der Waals surface area contributed by atoms with Gasteiger partial charge in [0.2, 0.25) is 0 Å². The minimum Gasteiger partial charge on any atom is -0.454 e. The van der Waals surface area contributed by atoms with Gasteiger partial charge in [0.1, 0.15) is 0 Å². The molecule has 8 nitrogen and oxygen atoms in total. The molecule has 2 rings (SSSR count). The van der Waals surface area contributed by atoms with E-state index in [0.717, 1.165) is 0 Å². The molecule has 0 bridgehead atoms. The predicted octanol–water partition coefficient (Wildman–Crippen LogP) is 0.559. The maximum atomic E-state index is 13.0. The van der Waals surface area contributed by atoms with Gasteiger partial charge in [-0.25, -0.2) is 13.2 Å². The second-order valence-electron chi connectivity index (χ2n) is 5.37. The van der Waals surface area contributed by atoms with Crippen molar-refractivity contribution in [1.29, 1.82) is 0 Å². The second kappa shape index (κ2) is 6.84. The number of hydrogen-bond donors (Lipinski definition) is 1. The summed E-state index contributed by atoms with van der Waals surface area (Å²) in [6, 6.07) is 5.56. The molecular weight excluding hydrogens is 384 g/mol. The summed E-state index contributed by atoms with van der Waals surface area (Å²) in [6.45, 7) is -1.21. The Balaban J connectivity index is 1.99. The molecule has 0 unspecified atom stereocenters. The van der Waals surface area contributed by atoms with Crippen LogP contribution in [0.1, 0.15) is 10.4 Å². The number of rotatable bonds is 5. The first-order chi connectivity index (χ1) is 11.4. The van der Waals surface area contributed by atoms with Gasteiger partial charge in [-0.2, -0.15) is 17.2 Å². The van der Waals surface area contributed by atoms with Crippen molar-refractivity contribution in [3.63, 3.8) is 0 Å².